The van der Waals surface area contributed by atoms with Crippen molar-refractivity contribution in [1.29, 1.82) is 0 Å². The largest absolute Gasteiger partial charge is 0.481 e. The van der Waals surface area contributed by atoms with E-state index < -0.39 is 11.9 Å². The average Bonchev–Trinajstić information content (AvgIpc) is 2.31. The summed E-state index contributed by atoms with van der Waals surface area (Å²) in [6.45, 7) is 6.82. The number of nitrogens with one attached hydrogen (secondary N) is 2. The first kappa shape index (κ1) is 16.7. The van der Waals surface area contributed by atoms with Crippen molar-refractivity contribution in [2.45, 2.75) is 39.7 Å². The van der Waals surface area contributed by atoms with E-state index in [4.69, 9.17) is 9.84 Å². The second-order valence-corrected chi connectivity index (χ2v) is 4.18. The number of carbonyl (C=O) groups is 2. The molecule has 2 unspecified atom stereocenters. The highest BCUT2D eigenvalue weighted by molar-refractivity contribution is 5.75. The highest BCUT2D eigenvalue weighted by atomic mass is 16.5. The molecule has 2 amide bonds. The second-order valence-electron chi connectivity index (χ2n) is 4.18. The van der Waals surface area contributed by atoms with Crippen molar-refractivity contribution >= 4 is 12.0 Å². The first-order valence-electron chi connectivity index (χ1n) is 6.37. The number of aliphatic carboxylic acids is 1. The molecule has 0 radical (unpaired) electrons. The minimum Gasteiger partial charge on any atom is -0.481 e. The van der Waals surface area contributed by atoms with Crippen molar-refractivity contribution < 1.29 is 19.4 Å². The third kappa shape index (κ3) is 7.89. The van der Waals surface area contributed by atoms with Gasteiger partial charge in [0.25, 0.3) is 0 Å². The number of rotatable bonds is 9. The quantitative estimate of drug-likeness (QED) is 0.581. The van der Waals surface area contributed by atoms with E-state index in [1.165, 1.54) is 0 Å². The fourth-order valence-corrected chi connectivity index (χ4v) is 1.52. The monoisotopic (exact) mass is 260 g/mol. The summed E-state index contributed by atoms with van der Waals surface area (Å²) in [6.07, 6.45) is 1.29. The number of carbonyl (C=O) groups excluding carboxylic acids is 1. The van der Waals surface area contributed by atoms with Crippen molar-refractivity contribution in [2.75, 3.05) is 19.7 Å². The molecule has 0 aromatic carbocycles. The fourth-order valence-electron chi connectivity index (χ4n) is 1.52. The lowest BCUT2D eigenvalue weighted by molar-refractivity contribution is -0.141. The van der Waals surface area contributed by atoms with Crippen LogP contribution in [0.2, 0.25) is 0 Å². The molecule has 0 heterocycles. The van der Waals surface area contributed by atoms with Gasteiger partial charge in [-0.25, -0.2) is 4.79 Å². The van der Waals surface area contributed by atoms with Gasteiger partial charge < -0.3 is 20.5 Å². The summed E-state index contributed by atoms with van der Waals surface area (Å²) in [4.78, 5) is 22.3. The molecule has 0 aromatic heterocycles. The van der Waals surface area contributed by atoms with E-state index in [1.807, 2.05) is 20.8 Å². The van der Waals surface area contributed by atoms with Gasteiger partial charge >= 0.3 is 12.0 Å². The van der Waals surface area contributed by atoms with Crippen LogP contribution in [-0.2, 0) is 9.53 Å². The van der Waals surface area contributed by atoms with Gasteiger partial charge in [-0.3, -0.25) is 4.79 Å². The molecule has 2 atom stereocenters. The molecule has 0 fully saturated rings. The van der Waals surface area contributed by atoms with Crippen LogP contribution in [0.5, 0.6) is 0 Å². The van der Waals surface area contributed by atoms with Gasteiger partial charge in [0.05, 0.1) is 12.0 Å². The lowest BCUT2D eigenvalue weighted by Crippen LogP contribution is -2.42. The van der Waals surface area contributed by atoms with Gasteiger partial charge in [0.15, 0.2) is 0 Å². The Kier molecular flexibility index (Phi) is 9.00. The van der Waals surface area contributed by atoms with Gasteiger partial charge in [0, 0.05) is 19.7 Å². The molecule has 18 heavy (non-hydrogen) atoms. The zero-order valence-electron chi connectivity index (χ0n) is 11.4. The molecule has 0 aliphatic heterocycles. The minimum atomic E-state index is -0.875. The van der Waals surface area contributed by atoms with Crippen LogP contribution >= 0.6 is 0 Å². The highest BCUT2D eigenvalue weighted by Crippen LogP contribution is 2.04. The molecular weight excluding hydrogens is 236 g/mol. The van der Waals surface area contributed by atoms with Gasteiger partial charge in [0.1, 0.15) is 0 Å². The summed E-state index contributed by atoms with van der Waals surface area (Å²) in [5.41, 5.74) is 0. The molecule has 0 saturated heterocycles. The number of carboxylic acid groups (broad SMARTS) is 1. The van der Waals surface area contributed by atoms with Crippen molar-refractivity contribution in [1.82, 2.24) is 10.6 Å². The Morgan fingerprint density at radius 1 is 1.22 bits per heavy atom. The van der Waals surface area contributed by atoms with E-state index in [9.17, 15) is 9.59 Å². The van der Waals surface area contributed by atoms with Crippen LogP contribution in [-0.4, -0.2) is 42.9 Å². The van der Waals surface area contributed by atoms with Crippen molar-refractivity contribution in [3.05, 3.63) is 0 Å². The smallest absolute Gasteiger partial charge is 0.314 e. The fraction of sp³-hybridized carbons (Fsp3) is 0.833. The minimum absolute atomic E-state index is 0.0494. The Bertz CT molecular complexity index is 258. The number of hydrogen-bond donors (Lipinski definition) is 3. The van der Waals surface area contributed by atoms with Crippen LogP contribution in [0.3, 0.4) is 0 Å². The first-order chi connectivity index (χ1) is 8.51. The average molecular weight is 260 g/mol. The summed E-state index contributed by atoms with van der Waals surface area (Å²) in [5.74, 6) is -1.40. The van der Waals surface area contributed by atoms with Crippen LogP contribution in [0.15, 0.2) is 0 Å². The number of urea groups is 1. The Morgan fingerprint density at radius 3 is 2.33 bits per heavy atom. The normalized spacial score (nSPS) is 13.7. The summed E-state index contributed by atoms with van der Waals surface area (Å²) >= 11 is 0. The van der Waals surface area contributed by atoms with E-state index in [0.717, 1.165) is 6.42 Å². The molecule has 0 saturated carbocycles. The van der Waals surface area contributed by atoms with Crippen molar-refractivity contribution in [3.63, 3.8) is 0 Å². The summed E-state index contributed by atoms with van der Waals surface area (Å²) < 4.78 is 5.26. The van der Waals surface area contributed by atoms with Crippen LogP contribution in [0.1, 0.15) is 33.6 Å². The lowest BCUT2D eigenvalue weighted by atomic mass is 10.0. The van der Waals surface area contributed by atoms with Crippen LogP contribution in [0.4, 0.5) is 4.79 Å². The molecular formula is C12H24N2O4. The highest BCUT2D eigenvalue weighted by Gasteiger charge is 2.17. The third-order valence-electron chi connectivity index (χ3n) is 2.50. The molecule has 0 bridgehead atoms. The Morgan fingerprint density at radius 2 is 1.83 bits per heavy atom. The van der Waals surface area contributed by atoms with Gasteiger partial charge in [-0.1, -0.05) is 13.3 Å². The summed E-state index contributed by atoms with van der Waals surface area (Å²) in [7, 11) is 0. The van der Waals surface area contributed by atoms with Crippen LogP contribution in [0.25, 0.3) is 0 Å². The molecule has 0 rings (SSSR count). The Hall–Kier alpha value is -1.30. The summed E-state index contributed by atoms with van der Waals surface area (Å²) in [5, 5.41) is 14.1. The van der Waals surface area contributed by atoms with E-state index >= 15 is 0 Å². The maximum absolute atomic E-state index is 11.4. The van der Waals surface area contributed by atoms with Gasteiger partial charge in [0.2, 0.25) is 0 Å². The third-order valence-corrected chi connectivity index (χ3v) is 2.50. The SMILES string of the molecule is CCCC(CNC(=O)NCC(C)OCC)C(=O)O. The molecule has 0 aliphatic rings. The standard InChI is InChI=1S/C12H24N2O4/c1-4-6-10(11(15)16)8-14-12(17)13-7-9(3)18-5-2/h9-10H,4-8H2,1-3H3,(H,15,16)(H2,13,14,17). The van der Waals surface area contributed by atoms with Crippen LogP contribution in [0, 0.1) is 5.92 Å². The molecule has 6 heteroatoms. The number of carboxylic acids is 1. The molecule has 0 spiro atoms. The van der Waals surface area contributed by atoms with E-state index in [-0.39, 0.29) is 18.7 Å². The number of ether oxygens (including phenoxy) is 1. The van der Waals surface area contributed by atoms with E-state index in [0.29, 0.717) is 19.6 Å². The predicted molar refractivity (Wildman–Crippen MR) is 68.5 cm³/mol. The van der Waals surface area contributed by atoms with E-state index in [1.54, 1.807) is 0 Å². The maximum atomic E-state index is 11.4. The van der Waals surface area contributed by atoms with Gasteiger partial charge in [-0.05, 0) is 20.3 Å². The topological polar surface area (TPSA) is 87.7 Å². The van der Waals surface area contributed by atoms with Crippen LogP contribution < -0.4 is 10.6 Å². The lowest BCUT2D eigenvalue weighted by Gasteiger charge is -2.15. The molecule has 106 valence electrons. The van der Waals surface area contributed by atoms with Gasteiger partial charge in [-0.15, -0.1) is 0 Å². The Labute approximate surface area is 108 Å². The molecule has 6 nitrogen and oxygen atoms in total. The molecule has 0 aliphatic carbocycles. The van der Waals surface area contributed by atoms with Gasteiger partial charge in [-0.2, -0.15) is 0 Å². The Balaban J connectivity index is 3.83. The molecule has 0 aromatic rings. The first-order valence-corrected chi connectivity index (χ1v) is 6.37. The second kappa shape index (κ2) is 9.70. The molecule has 3 N–H and O–H groups in total. The van der Waals surface area contributed by atoms with Crippen molar-refractivity contribution in [2.24, 2.45) is 5.92 Å². The number of amides is 2. The zero-order chi connectivity index (χ0) is 14.0. The zero-order valence-corrected chi connectivity index (χ0v) is 11.4. The summed E-state index contributed by atoms with van der Waals surface area (Å²) in [6, 6.07) is -0.357. The predicted octanol–water partition coefficient (Wildman–Crippen LogP) is 1.21. The number of hydrogen-bond acceptors (Lipinski definition) is 3. The van der Waals surface area contributed by atoms with E-state index in [2.05, 4.69) is 10.6 Å². The van der Waals surface area contributed by atoms with Crippen molar-refractivity contribution in [3.8, 4) is 0 Å². The maximum Gasteiger partial charge on any atom is 0.314 e.